The van der Waals surface area contributed by atoms with Gasteiger partial charge < -0.3 is 10.6 Å². The number of hydrogen-bond donors (Lipinski definition) is 1. The van der Waals surface area contributed by atoms with E-state index in [-0.39, 0.29) is 0 Å². The first-order chi connectivity index (χ1) is 6.76. The summed E-state index contributed by atoms with van der Waals surface area (Å²) in [5.41, 5.74) is 6.84. The van der Waals surface area contributed by atoms with E-state index in [4.69, 9.17) is 5.73 Å². The van der Waals surface area contributed by atoms with Crippen LogP contribution in [0, 0.1) is 0 Å². The fourth-order valence-electron chi connectivity index (χ4n) is 1.43. The first-order valence-electron chi connectivity index (χ1n) is 5.20. The van der Waals surface area contributed by atoms with E-state index < -0.39 is 0 Å². The molecule has 0 saturated heterocycles. The molecule has 0 unspecified atom stereocenters. The van der Waals surface area contributed by atoms with Crippen LogP contribution in [0.1, 0.15) is 31.3 Å². The molecule has 0 radical (unpaired) electrons. The van der Waals surface area contributed by atoms with E-state index in [1.54, 1.807) is 11.3 Å². The van der Waals surface area contributed by atoms with Gasteiger partial charge in [0.1, 0.15) is 0 Å². The van der Waals surface area contributed by atoms with Crippen molar-refractivity contribution in [3.8, 4) is 0 Å². The van der Waals surface area contributed by atoms with Crippen LogP contribution in [0.3, 0.4) is 0 Å². The first kappa shape index (κ1) is 11.5. The lowest BCUT2D eigenvalue weighted by atomic mass is 10.3. The SMILES string of the molecule is CCc1nc(N(CC)CC)sc1CN. The molecule has 3 nitrogen and oxygen atoms in total. The fraction of sp³-hybridized carbons (Fsp3) is 0.700. The van der Waals surface area contributed by atoms with E-state index in [0.29, 0.717) is 6.54 Å². The predicted octanol–water partition coefficient (Wildman–Crippen LogP) is 2.01. The molecule has 1 heterocycles. The van der Waals surface area contributed by atoms with Crippen LogP contribution >= 0.6 is 11.3 Å². The summed E-state index contributed by atoms with van der Waals surface area (Å²) in [5, 5.41) is 1.12. The van der Waals surface area contributed by atoms with Crippen molar-refractivity contribution in [3.63, 3.8) is 0 Å². The Kier molecular flexibility index (Phi) is 4.35. The molecule has 14 heavy (non-hydrogen) atoms. The molecule has 0 aromatic carbocycles. The van der Waals surface area contributed by atoms with Crippen molar-refractivity contribution in [1.82, 2.24) is 4.98 Å². The van der Waals surface area contributed by atoms with Crippen molar-refractivity contribution < 1.29 is 0 Å². The van der Waals surface area contributed by atoms with E-state index in [0.717, 1.165) is 24.6 Å². The van der Waals surface area contributed by atoms with E-state index in [9.17, 15) is 0 Å². The maximum Gasteiger partial charge on any atom is 0.185 e. The highest BCUT2D eigenvalue weighted by Gasteiger charge is 2.11. The Hall–Kier alpha value is -0.610. The van der Waals surface area contributed by atoms with Crippen LogP contribution in [-0.4, -0.2) is 18.1 Å². The highest BCUT2D eigenvalue weighted by atomic mass is 32.1. The summed E-state index contributed by atoms with van der Waals surface area (Å²) in [4.78, 5) is 8.10. The quantitative estimate of drug-likeness (QED) is 0.813. The lowest BCUT2D eigenvalue weighted by molar-refractivity contribution is 0.852. The van der Waals surface area contributed by atoms with Gasteiger partial charge in [-0.3, -0.25) is 0 Å². The molecule has 0 spiro atoms. The topological polar surface area (TPSA) is 42.2 Å². The third kappa shape index (κ3) is 2.25. The molecule has 0 bridgehead atoms. The normalized spacial score (nSPS) is 10.6. The number of nitrogens with zero attached hydrogens (tertiary/aromatic N) is 2. The minimum Gasteiger partial charge on any atom is -0.349 e. The Morgan fingerprint density at radius 2 is 1.93 bits per heavy atom. The van der Waals surface area contributed by atoms with Crippen molar-refractivity contribution in [2.75, 3.05) is 18.0 Å². The van der Waals surface area contributed by atoms with Crippen LogP contribution in [0.5, 0.6) is 0 Å². The zero-order valence-electron chi connectivity index (χ0n) is 9.21. The molecule has 0 saturated carbocycles. The van der Waals surface area contributed by atoms with Gasteiger partial charge in [0.2, 0.25) is 0 Å². The molecule has 0 fully saturated rings. The molecular formula is C10H19N3S. The first-order valence-corrected chi connectivity index (χ1v) is 6.01. The molecule has 0 aliphatic carbocycles. The summed E-state index contributed by atoms with van der Waals surface area (Å²) in [6.45, 7) is 9.06. The smallest absolute Gasteiger partial charge is 0.185 e. The Morgan fingerprint density at radius 3 is 2.29 bits per heavy atom. The van der Waals surface area contributed by atoms with Gasteiger partial charge in [-0.15, -0.1) is 11.3 Å². The minimum atomic E-state index is 0.613. The van der Waals surface area contributed by atoms with Crippen molar-refractivity contribution in [3.05, 3.63) is 10.6 Å². The predicted molar refractivity (Wildman–Crippen MR) is 62.9 cm³/mol. The van der Waals surface area contributed by atoms with Crippen LogP contribution in [0.15, 0.2) is 0 Å². The monoisotopic (exact) mass is 213 g/mol. The van der Waals surface area contributed by atoms with Crippen molar-refractivity contribution in [2.45, 2.75) is 33.7 Å². The fourth-order valence-corrected chi connectivity index (χ4v) is 2.59. The number of anilines is 1. The lowest BCUT2D eigenvalue weighted by Crippen LogP contribution is -2.21. The number of hydrogen-bond acceptors (Lipinski definition) is 4. The average Bonchev–Trinajstić information content (AvgIpc) is 2.63. The highest BCUT2D eigenvalue weighted by Crippen LogP contribution is 2.26. The lowest BCUT2D eigenvalue weighted by Gasteiger charge is -2.16. The van der Waals surface area contributed by atoms with E-state index >= 15 is 0 Å². The van der Waals surface area contributed by atoms with Gasteiger partial charge in [0.15, 0.2) is 5.13 Å². The summed E-state index contributed by atoms with van der Waals surface area (Å²) >= 11 is 1.73. The van der Waals surface area contributed by atoms with Crippen LogP contribution in [0.25, 0.3) is 0 Å². The van der Waals surface area contributed by atoms with Crippen molar-refractivity contribution in [1.29, 1.82) is 0 Å². The van der Waals surface area contributed by atoms with Gasteiger partial charge in [-0.25, -0.2) is 4.98 Å². The van der Waals surface area contributed by atoms with Gasteiger partial charge in [-0.1, -0.05) is 6.92 Å². The number of thiazole rings is 1. The summed E-state index contributed by atoms with van der Waals surface area (Å²) < 4.78 is 0. The van der Waals surface area contributed by atoms with Crippen molar-refractivity contribution in [2.24, 2.45) is 5.73 Å². The molecule has 2 N–H and O–H groups in total. The van der Waals surface area contributed by atoms with Gasteiger partial charge in [-0.2, -0.15) is 0 Å². The Balaban J connectivity index is 2.93. The molecule has 4 heteroatoms. The Labute approximate surface area is 89.9 Å². The third-order valence-corrected chi connectivity index (χ3v) is 3.50. The van der Waals surface area contributed by atoms with E-state index in [1.807, 2.05) is 0 Å². The molecule has 0 aliphatic rings. The van der Waals surface area contributed by atoms with Crippen LogP contribution in [-0.2, 0) is 13.0 Å². The molecule has 0 aliphatic heterocycles. The second-order valence-corrected chi connectivity index (χ2v) is 4.16. The van der Waals surface area contributed by atoms with Crippen LogP contribution < -0.4 is 10.6 Å². The summed E-state index contributed by atoms with van der Waals surface area (Å²) in [7, 11) is 0. The Morgan fingerprint density at radius 1 is 1.29 bits per heavy atom. The molecule has 80 valence electrons. The zero-order valence-corrected chi connectivity index (χ0v) is 10.0. The second kappa shape index (κ2) is 5.32. The maximum absolute atomic E-state index is 5.67. The standard InChI is InChI=1S/C10H19N3S/c1-4-8-9(7-11)14-10(12-8)13(5-2)6-3/h4-7,11H2,1-3H3. The number of rotatable bonds is 5. The van der Waals surface area contributed by atoms with Crippen molar-refractivity contribution >= 4 is 16.5 Å². The Bertz CT molecular complexity index is 257. The van der Waals surface area contributed by atoms with E-state index in [1.165, 1.54) is 10.6 Å². The van der Waals surface area contributed by atoms with Crippen LogP contribution in [0.4, 0.5) is 5.13 Å². The molecule has 1 aromatic rings. The summed E-state index contributed by atoms with van der Waals surface area (Å²) in [5.74, 6) is 0. The van der Waals surface area contributed by atoms with Gasteiger partial charge in [-0.05, 0) is 20.3 Å². The second-order valence-electron chi connectivity index (χ2n) is 3.10. The molecule has 0 amide bonds. The molecule has 1 aromatic heterocycles. The number of aromatic nitrogens is 1. The third-order valence-electron chi connectivity index (χ3n) is 2.32. The van der Waals surface area contributed by atoms with Gasteiger partial charge in [0.05, 0.1) is 5.69 Å². The minimum absolute atomic E-state index is 0.613. The zero-order chi connectivity index (χ0) is 10.6. The number of aryl methyl sites for hydroxylation is 1. The van der Waals surface area contributed by atoms with Gasteiger partial charge in [0, 0.05) is 24.5 Å². The largest absolute Gasteiger partial charge is 0.349 e. The van der Waals surface area contributed by atoms with E-state index in [2.05, 4.69) is 30.7 Å². The van der Waals surface area contributed by atoms with Gasteiger partial charge >= 0.3 is 0 Å². The molecule has 0 atom stereocenters. The number of nitrogens with two attached hydrogens (primary N) is 1. The maximum atomic E-state index is 5.67. The molecular weight excluding hydrogens is 194 g/mol. The average molecular weight is 213 g/mol. The summed E-state index contributed by atoms with van der Waals surface area (Å²) in [6, 6.07) is 0. The molecule has 1 rings (SSSR count). The van der Waals surface area contributed by atoms with Crippen LogP contribution in [0.2, 0.25) is 0 Å². The summed E-state index contributed by atoms with van der Waals surface area (Å²) in [6.07, 6.45) is 0.976. The highest BCUT2D eigenvalue weighted by molar-refractivity contribution is 7.15. The van der Waals surface area contributed by atoms with Gasteiger partial charge in [0.25, 0.3) is 0 Å².